The number of aromatic nitrogens is 2. The van der Waals surface area contributed by atoms with Crippen LogP contribution in [0.3, 0.4) is 0 Å². The van der Waals surface area contributed by atoms with Crippen LogP contribution in [0.5, 0.6) is 5.75 Å². The summed E-state index contributed by atoms with van der Waals surface area (Å²) in [6.07, 6.45) is 2.53. The van der Waals surface area contributed by atoms with Crippen LogP contribution in [-0.4, -0.2) is 29.5 Å². The third-order valence-electron chi connectivity index (χ3n) is 3.10. The maximum atomic E-state index is 5.77. The van der Waals surface area contributed by atoms with Crippen LogP contribution < -0.4 is 10.1 Å². The van der Waals surface area contributed by atoms with E-state index in [1.165, 1.54) is 12.8 Å². The van der Waals surface area contributed by atoms with Gasteiger partial charge < -0.3 is 10.1 Å². The monoisotopic (exact) mass is 253 g/mol. The van der Waals surface area contributed by atoms with Crippen LogP contribution in [0.4, 0.5) is 0 Å². The minimum absolute atomic E-state index is 0.703. The molecule has 0 aliphatic heterocycles. The van der Waals surface area contributed by atoms with Crippen molar-refractivity contribution in [2.45, 2.75) is 40.5 Å². The summed E-state index contributed by atoms with van der Waals surface area (Å²) in [4.78, 5) is 0. The Labute approximate surface area is 111 Å². The highest BCUT2D eigenvalue weighted by Crippen LogP contribution is 2.20. The summed E-state index contributed by atoms with van der Waals surface area (Å²) >= 11 is 0. The zero-order chi connectivity index (χ0) is 13.5. The lowest BCUT2D eigenvalue weighted by Crippen LogP contribution is -2.22. The topological polar surface area (TPSA) is 39.1 Å². The van der Waals surface area contributed by atoms with Crippen molar-refractivity contribution in [3.05, 3.63) is 11.4 Å². The van der Waals surface area contributed by atoms with Crippen molar-refractivity contribution in [2.24, 2.45) is 13.0 Å². The van der Waals surface area contributed by atoms with Gasteiger partial charge in [0, 0.05) is 13.6 Å². The standard InChI is InChI=1S/C14H27N3O/c1-11(2)7-6-8-15-9-10-18-14-12(3)16-17(5)13(14)4/h11,15H,6-10H2,1-5H3. The minimum Gasteiger partial charge on any atom is -0.488 e. The Hall–Kier alpha value is -1.03. The van der Waals surface area contributed by atoms with E-state index in [1.807, 2.05) is 25.6 Å². The molecule has 0 radical (unpaired) electrons. The summed E-state index contributed by atoms with van der Waals surface area (Å²) in [5.41, 5.74) is 2.06. The second-order valence-corrected chi connectivity index (χ2v) is 5.26. The van der Waals surface area contributed by atoms with E-state index in [2.05, 4.69) is 24.3 Å². The van der Waals surface area contributed by atoms with Crippen LogP contribution in [0.25, 0.3) is 0 Å². The Morgan fingerprint density at radius 1 is 1.28 bits per heavy atom. The average molecular weight is 253 g/mol. The molecule has 1 N–H and O–H groups in total. The van der Waals surface area contributed by atoms with Crippen molar-refractivity contribution in [2.75, 3.05) is 19.7 Å². The SMILES string of the molecule is Cc1nn(C)c(C)c1OCCNCCCC(C)C. The fourth-order valence-electron chi connectivity index (χ4n) is 1.95. The van der Waals surface area contributed by atoms with Crippen LogP contribution >= 0.6 is 0 Å². The maximum absolute atomic E-state index is 5.77. The highest BCUT2D eigenvalue weighted by molar-refractivity contribution is 5.31. The van der Waals surface area contributed by atoms with Gasteiger partial charge >= 0.3 is 0 Å². The van der Waals surface area contributed by atoms with Crippen LogP contribution in [0.1, 0.15) is 38.1 Å². The molecule has 4 heteroatoms. The molecule has 4 nitrogen and oxygen atoms in total. The second kappa shape index (κ2) is 7.41. The highest BCUT2D eigenvalue weighted by atomic mass is 16.5. The van der Waals surface area contributed by atoms with E-state index in [9.17, 15) is 0 Å². The molecule has 0 aromatic carbocycles. The third kappa shape index (κ3) is 4.69. The van der Waals surface area contributed by atoms with Gasteiger partial charge in [-0.2, -0.15) is 5.10 Å². The lowest BCUT2D eigenvalue weighted by molar-refractivity contribution is 0.308. The Morgan fingerprint density at radius 2 is 2.00 bits per heavy atom. The van der Waals surface area contributed by atoms with Gasteiger partial charge in [0.05, 0.1) is 5.69 Å². The van der Waals surface area contributed by atoms with Gasteiger partial charge in [0.15, 0.2) is 5.75 Å². The van der Waals surface area contributed by atoms with Crippen molar-refractivity contribution in [1.29, 1.82) is 0 Å². The Kier molecular flexibility index (Phi) is 6.19. The van der Waals surface area contributed by atoms with Gasteiger partial charge in [0.2, 0.25) is 0 Å². The second-order valence-electron chi connectivity index (χ2n) is 5.26. The Morgan fingerprint density at radius 3 is 2.56 bits per heavy atom. The molecule has 0 saturated heterocycles. The number of hydrogen-bond donors (Lipinski definition) is 1. The molecule has 0 aliphatic carbocycles. The molecular weight excluding hydrogens is 226 g/mol. The number of nitrogens with zero attached hydrogens (tertiary/aromatic N) is 2. The smallest absolute Gasteiger partial charge is 0.163 e. The zero-order valence-corrected chi connectivity index (χ0v) is 12.4. The largest absolute Gasteiger partial charge is 0.488 e. The van der Waals surface area contributed by atoms with Gasteiger partial charge in [-0.1, -0.05) is 13.8 Å². The van der Waals surface area contributed by atoms with Gasteiger partial charge in [-0.05, 0) is 39.2 Å². The maximum Gasteiger partial charge on any atom is 0.163 e. The summed E-state index contributed by atoms with van der Waals surface area (Å²) in [6, 6.07) is 0. The van der Waals surface area contributed by atoms with Gasteiger partial charge in [0.25, 0.3) is 0 Å². The minimum atomic E-state index is 0.703. The molecule has 0 aliphatic rings. The molecule has 104 valence electrons. The van der Waals surface area contributed by atoms with Gasteiger partial charge in [-0.15, -0.1) is 0 Å². The number of ether oxygens (including phenoxy) is 1. The van der Waals surface area contributed by atoms with Crippen LogP contribution in [0.2, 0.25) is 0 Å². The lowest BCUT2D eigenvalue weighted by Gasteiger charge is -2.08. The van der Waals surface area contributed by atoms with Crippen molar-refractivity contribution in [3.8, 4) is 5.75 Å². The van der Waals surface area contributed by atoms with Crippen molar-refractivity contribution >= 4 is 0 Å². The van der Waals surface area contributed by atoms with Crippen LogP contribution in [0, 0.1) is 19.8 Å². The first-order valence-corrected chi connectivity index (χ1v) is 6.86. The zero-order valence-electron chi connectivity index (χ0n) is 12.4. The van der Waals surface area contributed by atoms with Crippen molar-refractivity contribution in [3.63, 3.8) is 0 Å². The Bertz CT molecular complexity index is 358. The first-order chi connectivity index (χ1) is 8.52. The normalized spacial score (nSPS) is 11.2. The van der Waals surface area contributed by atoms with Gasteiger partial charge in [-0.3, -0.25) is 4.68 Å². The van der Waals surface area contributed by atoms with Crippen LogP contribution in [-0.2, 0) is 7.05 Å². The Balaban J connectivity index is 2.14. The van der Waals surface area contributed by atoms with Gasteiger partial charge in [0.1, 0.15) is 12.3 Å². The summed E-state index contributed by atoms with van der Waals surface area (Å²) in [5, 5.41) is 7.73. The molecule has 18 heavy (non-hydrogen) atoms. The van der Waals surface area contributed by atoms with E-state index in [1.54, 1.807) is 0 Å². The van der Waals surface area contributed by atoms with E-state index >= 15 is 0 Å². The van der Waals surface area contributed by atoms with Gasteiger partial charge in [-0.25, -0.2) is 0 Å². The highest BCUT2D eigenvalue weighted by Gasteiger charge is 2.09. The molecule has 1 aromatic heterocycles. The molecule has 0 spiro atoms. The summed E-state index contributed by atoms with van der Waals surface area (Å²) < 4.78 is 7.63. The lowest BCUT2D eigenvalue weighted by atomic mass is 10.1. The van der Waals surface area contributed by atoms with E-state index in [0.29, 0.717) is 6.61 Å². The molecule has 0 unspecified atom stereocenters. The molecule has 1 heterocycles. The quantitative estimate of drug-likeness (QED) is 0.723. The van der Waals surface area contributed by atoms with Crippen molar-refractivity contribution in [1.82, 2.24) is 15.1 Å². The number of rotatable bonds is 8. The van der Waals surface area contributed by atoms with E-state index < -0.39 is 0 Å². The molecule has 1 aromatic rings. The number of hydrogen-bond acceptors (Lipinski definition) is 3. The molecule has 0 amide bonds. The summed E-state index contributed by atoms with van der Waals surface area (Å²) in [7, 11) is 1.94. The van der Waals surface area contributed by atoms with E-state index in [-0.39, 0.29) is 0 Å². The molecule has 1 rings (SSSR count). The fraction of sp³-hybridized carbons (Fsp3) is 0.786. The molecule has 0 bridgehead atoms. The molecule has 0 atom stereocenters. The predicted octanol–water partition coefficient (Wildman–Crippen LogP) is 2.44. The first-order valence-electron chi connectivity index (χ1n) is 6.86. The third-order valence-corrected chi connectivity index (χ3v) is 3.10. The molecular formula is C14H27N3O. The summed E-state index contributed by atoms with van der Waals surface area (Å²) in [5.74, 6) is 1.73. The first kappa shape index (κ1) is 15.0. The van der Waals surface area contributed by atoms with E-state index in [4.69, 9.17) is 4.74 Å². The molecule has 0 saturated carbocycles. The molecule has 0 fully saturated rings. The van der Waals surface area contributed by atoms with Crippen molar-refractivity contribution < 1.29 is 4.74 Å². The number of nitrogens with one attached hydrogen (secondary N) is 1. The number of aryl methyl sites for hydroxylation is 2. The van der Waals surface area contributed by atoms with Crippen LogP contribution in [0.15, 0.2) is 0 Å². The average Bonchev–Trinajstić information content (AvgIpc) is 2.53. The summed E-state index contributed by atoms with van der Waals surface area (Å²) in [6.45, 7) is 11.2. The fourth-order valence-corrected chi connectivity index (χ4v) is 1.95. The van der Waals surface area contributed by atoms with E-state index in [0.717, 1.165) is 36.1 Å². The predicted molar refractivity (Wildman–Crippen MR) is 75.1 cm³/mol.